The molecule has 40 heavy (non-hydrogen) atoms. The summed E-state index contributed by atoms with van der Waals surface area (Å²) in [5.74, 6) is -0.350. The molecule has 2 amide bonds. The Morgan fingerprint density at radius 3 is 2.20 bits per heavy atom. The zero-order valence-corrected chi connectivity index (χ0v) is 23.1. The SMILES string of the molecule is Cc1ccc(CCC(=O)N2CCC(CC(=O)N[C@@H](Cc3ccc(OCc4ccccc4)cc3)C(=O)O)CC2)cc1. The molecule has 3 aromatic carbocycles. The third-order valence-corrected chi connectivity index (χ3v) is 7.43. The van der Waals surface area contributed by atoms with Gasteiger partial charge in [0, 0.05) is 32.4 Å². The van der Waals surface area contributed by atoms with Gasteiger partial charge in [-0.1, -0.05) is 72.3 Å². The molecule has 0 spiro atoms. The lowest BCUT2D eigenvalue weighted by molar-refractivity contribution is -0.142. The molecule has 0 bridgehead atoms. The molecule has 210 valence electrons. The van der Waals surface area contributed by atoms with E-state index in [1.165, 1.54) is 5.56 Å². The summed E-state index contributed by atoms with van der Waals surface area (Å²) in [6, 6.07) is 24.4. The standard InChI is InChI=1S/C33H38N2O5/c1-24-7-9-25(10-8-24)13-16-32(37)35-19-17-27(18-20-35)22-31(36)34-30(33(38)39)21-26-11-14-29(15-12-26)40-23-28-5-3-2-4-6-28/h2-12,14-15,27,30H,13,16-23H2,1H3,(H,34,36)(H,38,39)/t30-/m0/s1. The van der Waals surface area contributed by atoms with Crippen molar-refractivity contribution in [2.45, 2.75) is 58.1 Å². The lowest BCUT2D eigenvalue weighted by Gasteiger charge is -2.32. The molecular formula is C33H38N2O5. The number of amides is 2. The fourth-order valence-corrected chi connectivity index (χ4v) is 4.96. The number of hydrogen-bond donors (Lipinski definition) is 2. The number of nitrogens with one attached hydrogen (secondary N) is 1. The van der Waals surface area contributed by atoms with Crippen LogP contribution in [0.2, 0.25) is 0 Å². The fourth-order valence-electron chi connectivity index (χ4n) is 4.96. The number of carbonyl (C=O) groups is 3. The average Bonchev–Trinajstić information content (AvgIpc) is 2.97. The Morgan fingerprint density at radius 2 is 1.55 bits per heavy atom. The smallest absolute Gasteiger partial charge is 0.326 e. The highest BCUT2D eigenvalue weighted by molar-refractivity contribution is 5.84. The minimum absolute atomic E-state index is 0.136. The summed E-state index contributed by atoms with van der Waals surface area (Å²) < 4.78 is 5.80. The van der Waals surface area contributed by atoms with Gasteiger partial charge in [-0.25, -0.2) is 4.79 Å². The minimum atomic E-state index is -1.06. The van der Waals surface area contributed by atoms with Gasteiger partial charge in [0.05, 0.1) is 0 Å². The molecule has 0 unspecified atom stereocenters. The van der Waals surface area contributed by atoms with Gasteiger partial charge in [-0.15, -0.1) is 0 Å². The van der Waals surface area contributed by atoms with E-state index >= 15 is 0 Å². The zero-order valence-electron chi connectivity index (χ0n) is 23.1. The first-order chi connectivity index (χ1) is 19.4. The number of benzene rings is 3. The summed E-state index contributed by atoms with van der Waals surface area (Å²) in [4.78, 5) is 39.1. The monoisotopic (exact) mass is 542 g/mol. The number of carboxylic acids is 1. The number of hydrogen-bond acceptors (Lipinski definition) is 4. The van der Waals surface area contributed by atoms with Crippen molar-refractivity contribution < 1.29 is 24.2 Å². The van der Waals surface area contributed by atoms with Crippen LogP contribution in [0.5, 0.6) is 5.75 Å². The van der Waals surface area contributed by atoms with Crippen molar-refractivity contribution in [3.05, 3.63) is 101 Å². The van der Waals surface area contributed by atoms with Crippen LogP contribution in [0.4, 0.5) is 0 Å². The Bertz CT molecular complexity index is 1250. The second-order valence-corrected chi connectivity index (χ2v) is 10.6. The molecule has 0 aromatic heterocycles. The fraction of sp³-hybridized carbons (Fsp3) is 0.364. The zero-order chi connectivity index (χ0) is 28.3. The molecule has 1 atom stereocenters. The molecule has 0 aliphatic carbocycles. The number of nitrogens with zero attached hydrogens (tertiary/aromatic N) is 1. The van der Waals surface area contributed by atoms with Crippen LogP contribution in [-0.4, -0.2) is 46.9 Å². The van der Waals surface area contributed by atoms with Gasteiger partial charge in [-0.2, -0.15) is 0 Å². The van der Waals surface area contributed by atoms with Crippen LogP contribution in [0.3, 0.4) is 0 Å². The van der Waals surface area contributed by atoms with Gasteiger partial charge in [0.1, 0.15) is 18.4 Å². The van der Waals surface area contributed by atoms with E-state index in [1.54, 1.807) is 0 Å². The van der Waals surface area contributed by atoms with Gasteiger partial charge in [0.2, 0.25) is 11.8 Å². The Balaban J connectivity index is 1.18. The van der Waals surface area contributed by atoms with E-state index in [0.717, 1.165) is 36.0 Å². The third-order valence-electron chi connectivity index (χ3n) is 7.43. The first-order valence-electron chi connectivity index (χ1n) is 14.0. The van der Waals surface area contributed by atoms with Gasteiger partial charge in [-0.3, -0.25) is 9.59 Å². The summed E-state index contributed by atoms with van der Waals surface area (Å²) in [7, 11) is 0. The van der Waals surface area contributed by atoms with Crippen LogP contribution in [0, 0.1) is 12.8 Å². The topological polar surface area (TPSA) is 95.9 Å². The Morgan fingerprint density at radius 1 is 0.900 bits per heavy atom. The maximum absolute atomic E-state index is 12.7. The van der Waals surface area contributed by atoms with Crippen molar-refractivity contribution in [2.24, 2.45) is 5.92 Å². The quantitative estimate of drug-likeness (QED) is 0.338. The molecule has 7 nitrogen and oxygen atoms in total. The normalized spacial score (nSPS) is 14.4. The number of ether oxygens (including phenoxy) is 1. The number of rotatable bonds is 12. The maximum Gasteiger partial charge on any atom is 0.326 e. The Kier molecular flexibility index (Phi) is 10.3. The molecular weight excluding hydrogens is 504 g/mol. The van der Waals surface area contributed by atoms with Crippen molar-refractivity contribution >= 4 is 17.8 Å². The lowest BCUT2D eigenvalue weighted by Crippen LogP contribution is -2.44. The van der Waals surface area contributed by atoms with Crippen LogP contribution >= 0.6 is 0 Å². The number of carbonyl (C=O) groups excluding carboxylic acids is 2. The van der Waals surface area contributed by atoms with Crippen molar-refractivity contribution in [3.8, 4) is 5.75 Å². The van der Waals surface area contributed by atoms with Gasteiger partial charge in [-0.05, 0) is 60.9 Å². The highest BCUT2D eigenvalue weighted by Crippen LogP contribution is 2.22. The van der Waals surface area contributed by atoms with Crippen molar-refractivity contribution in [3.63, 3.8) is 0 Å². The molecule has 0 saturated carbocycles. The van der Waals surface area contributed by atoms with Crippen LogP contribution in [0.25, 0.3) is 0 Å². The Hall–Kier alpha value is -4.13. The number of aryl methyl sites for hydroxylation is 2. The van der Waals surface area contributed by atoms with E-state index in [0.29, 0.717) is 31.9 Å². The van der Waals surface area contributed by atoms with E-state index < -0.39 is 12.0 Å². The number of piperidine rings is 1. The summed E-state index contributed by atoms with van der Waals surface area (Å²) >= 11 is 0. The molecule has 3 aromatic rings. The van der Waals surface area contributed by atoms with E-state index in [-0.39, 0.29) is 30.6 Å². The molecule has 7 heteroatoms. The average molecular weight is 543 g/mol. The molecule has 1 aliphatic rings. The molecule has 2 N–H and O–H groups in total. The van der Waals surface area contributed by atoms with Gasteiger partial charge in [0.15, 0.2) is 0 Å². The lowest BCUT2D eigenvalue weighted by atomic mass is 9.92. The predicted molar refractivity (Wildman–Crippen MR) is 154 cm³/mol. The second-order valence-electron chi connectivity index (χ2n) is 10.6. The number of carboxylic acid groups (broad SMARTS) is 1. The van der Waals surface area contributed by atoms with E-state index in [4.69, 9.17) is 4.74 Å². The summed E-state index contributed by atoms with van der Waals surface area (Å²) in [5.41, 5.74) is 4.23. The summed E-state index contributed by atoms with van der Waals surface area (Å²) in [6.07, 6.45) is 3.14. The molecule has 1 aliphatic heterocycles. The van der Waals surface area contributed by atoms with E-state index in [9.17, 15) is 19.5 Å². The third kappa shape index (κ3) is 8.97. The molecule has 1 saturated heterocycles. The summed E-state index contributed by atoms with van der Waals surface area (Å²) in [6.45, 7) is 3.76. The van der Waals surface area contributed by atoms with Gasteiger partial charge in [0.25, 0.3) is 0 Å². The largest absolute Gasteiger partial charge is 0.489 e. The number of aliphatic carboxylic acids is 1. The Labute approximate surface area is 236 Å². The van der Waals surface area contributed by atoms with Crippen LogP contribution < -0.4 is 10.1 Å². The second kappa shape index (κ2) is 14.3. The van der Waals surface area contributed by atoms with Crippen LogP contribution in [0.1, 0.15) is 47.9 Å². The van der Waals surface area contributed by atoms with E-state index in [1.807, 2.05) is 66.4 Å². The minimum Gasteiger partial charge on any atom is -0.489 e. The van der Waals surface area contributed by atoms with E-state index in [2.05, 4.69) is 29.6 Å². The van der Waals surface area contributed by atoms with Crippen LogP contribution in [0.15, 0.2) is 78.9 Å². The maximum atomic E-state index is 12.7. The highest BCUT2D eigenvalue weighted by Gasteiger charge is 2.26. The molecule has 1 heterocycles. The molecule has 4 rings (SSSR count). The van der Waals surface area contributed by atoms with Gasteiger partial charge >= 0.3 is 5.97 Å². The first kappa shape index (κ1) is 28.9. The van der Waals surface area contributed by atoms with Crippen molar-refractivity contribution in [1.29, 1.82) is 0 Å². The van der Waals surface area contributed by atoms with Gasteiger partial charge < -0.3 is 20.1 Å². The number of likely N-dealkylation sites (tertiary alicyclic amines) is 1. The highest BCUT2D eigenvalue weighted by atomic mass is 16.5. The van der Waals surface area contributed by atoms with Crippen molar-refractivity contribution in [2.75, 3.05) is 13.1 Å². The molecule has 0 radical (unpaired) electrons. The predicted octanol–water partition coefficient (Wildman–Crippen LogP) is 4.95. The van der Waals surface area contributed by atoms with Crippen molar-refractivity contribution in [1.82, 2.24) is 10.2 Å². The first-order valence-corrected chi connectivity index (χ1v) is 14.0. The molecule has 1 fully saturated rings. The summed E-state index contributed by atoms with van der Waals surface area (Å²) in [5, 5.41) is 12.4. The van der Waals surface area contributed by atoms with Crippen LogP contribution in [-0.2, 0) is 33.8 Å².